The molecule has 0 spiro atoms. The molecule has 28 heavy (non-hydrogen) atoms. The Morgan fingerprint density at radius 2 is 1.96 bits per heavy atom. The molecule has 2 N–H and O–H groups in total. The second kappa shape index (κ2) is 9.57. The van der Waals surface area contributed by atoms with Crippen LogP contribution in [0.3, 0.4) is 0 Å². The third kappa shape index (κ3) is 5.03. The summed E-state index contributed by atoms with van der Waals surface area (Å²) in [5, 5.41) is 16.0. The maximum atomic E-state index is 13.1. The third-order valence-electron chi connectivity index (χ3n) is 5.76. The van der Waals surface area contributed by atoms with Gasteiger partial charge in [-0.2, -0.15) is 0 Å². The van der Waals surface area contributed by atoms with Crippen molar-refractivity contribution in [2.75, 3.05) is 6.54 Å². The van der Waals surface area contributed by atoms with Gasteiger partial charge < -0.3 is 20.2 Å². The standard InChI is InChI=1S/C21H29N3O4/c1-15-18(23-28-14-16-8-4-2-5-9-16)12-13-24(15)20(25)19(22-21(26)27)17-10-6-3-7-11-17/h2,4-5,8-9,15,17,19,22H,3,6-7,10-14H2,1H3,(H,26,27)/t15?,19-/m0/s1. The number of amides is 2. The van der Waals surface area contributed by atoms with E-state index in [0.717, 1.165) is 43.4 Å². The van der Waals surface area contributed by atoms with Crippen molar-refractivity contribution in [3.63, 3.8) is 0 Å². The van der Waals surface area contributed by atoms with E-state index in [2.05, 4.69) is 10.5 Å². The van der Waals surface area contributed by atoms with Crippen LogP contribution >= 0.6 is 0 Å². The summed E-state index contributed by atoms with van der Waals surface area (Å²) < 4.78 is 0. The van der Waals surface area contributed by atoms with Crippen molar-refractivity contribution in [2.24, 2.45) is 11.1 Å². The Morgan fingerprint density at radius 3 is 2.64 bits per heavy atom. The molecule has 2 amide bonds. The number of carboxylic acid groups (broad SMARTS) is 1. The highest BCUT2D eigenvalue weighted by Gasteiger charge is 2.39. The molecule has 1 aromatic carbocycles. The highest BCUT2D eigenvalue weighted by molar-refractivity contribution is 5.97. The summed E-state index contributed by atoms with van der Waals surface area (Å²) in [5.41, 5.74) is 1.86. The topological polar surface area (TPSA) is 91.2 Å². The first-order valence-corrected chi connectivity index (χ1v) is 10.1. The quantitative estimate of drug-likeness (QED) is 0.732. The Labute approximate surface area is 165 Å². The molecular weight excluding hydrogens is 358 g/mol. The fraction of sp³-hybridized carbons (Fsp3) is 0.571. The molecule has 0 bridgehead atoms. The molecule has 1 aliphatic carbocycles. The fourth-order valence-electron chi connectivity index (χ4n) is 4.16. The molecule has 3 rings (SSSR count). The van der Waals surface area contributed by atoms with Gasteiger partial charge in [0.2, 0.25) is 5.91 Å². The van der Waals surface area contributed by atoms with Gasteiger partial charge in [-0.3, -0.25) is 4.79 Å². The lowest BCUT2D eigenvalue weighted by Gasteiger charge is -2.33. The van der Waals surface area contributed by atoms with E-state index in [0.29, 0.717) is 19.6 Å². The van der Waals surface area contributed by atoms with Crippen LogP contribution in [-0.2, 0) is 16.2 Å². The van der Waals surface area contributed by atoms with E-state index < -0.39 is 12.1 Å². The first-order chi connectivity index (χ1) is 13.6. The van der Waals surface area contributed by atoms with E-state index in [1.165, 1.54) is 0 Å². The monoisotopic (exact) mass is 387 g/mol. The number of nitrogens with zero attached hydrogens (tertiary/aromatic N) is 2. The van der Waals surface area contributed by atoms with Crippen molar-refractivity contribution in [1.82, 2.24) is 10.2 Å². The Kier molecular flexibility index (Phi) is 6.90. The minimum absolute atomic E-state index is 0.0693. The van der Waals surface area contributed by atoms with Crippen LogP contribution in [0.4, 0.5) is 4.79 Å². The molecule has 7 heteroatoms. The lowest BCUT2D eigenvalue weighted by molar-refractivity contribution is -0.135. The molecule has 1 aliphatic heterocycles. The van der Waals surface area contributed by atoms with Gasteiger partial charge in [-0.25, -0.2) is 4.79 Å². The lowest BCUT2D eigenvalue weighted by atomic mass is 9.83. The summed E-state index contributed by atoms with van der Waals surface area (Å²) in [5.74, 6) is -0.0741. The number of rotatable bonds is 6. The van der Waals surface area contributed by atoms with Gasteiger partial charge in [-0.05, 0) is 31.2 Å². The third-order valence-corrected chi connectivity index (χ3v) is 5.76. The van der Waals surface area contributed by atoms with E-state index in [1.54, 1.807) is 4.90 Å². The van der Waals surface area contributed by atoms with Crippen molar-refractivity contribution < 1.29 is 19.5 Å². The lowest BCUT2D eigenvalue weighted by Crippen LogP contribution is -2.53. The molecule has 2 atom stereocenters. The normalized spacial score (nSPS) is 22.8. The molecule has 152 valence electrons. The van der Waals surface area contributed by atoms with E-state index in [4.69, 9.17) is 4.84 Å². The second-order valence-corrected chi connectivity index (χ2v) is 7.62. The van der Waals surface area contributed by atoms with Gasteiger partial charge in [0.25, 0.3) is 0 Å². The van der Waals surface area contributed by atoms with Crippen molar-refractivity contribution in [1.29, 1.82) is 0 Å². The zero-order valence-corrected chi connectivity index (χ0v) is 16.3. The van der Waals surface area contributed by atoms with Crippen LogP contribution in [0.2, 0.25) is 0 Å². The number of oxime groups is 1. The van der Waals surface area contributed by atoms with Gasteiger partial charge >= 0.3 is 6.09 Å². The number of nitrogens with one attached hydrogen (secondary N) is 1. The number of likely N-dealkylation sites (tertiary alicyclic amines) is 1. The predicted octanol–water partition coefficient (Wildman–Crippen LogP) is 3.40. The molecule has 1 heterocycles. The summed E-state index contributed by atoms with van der Waals surface area (Å²) in [4.78, 5) is 31.6. The summed E-state index contributed by atoms with van der Waals surface area (Å²) in [6.45, 7) is 2.85. The smallest absolute Gasteiger partial charge is 0.405 e. The van der Waals surface area contributed by atoms with Crippen molar-refractivity contribution in [3.05, 3.63) is 35.9 Å². The molecule has 7 nitrogen and oxygen atoms in total. The summed E-state index contributed by atoms with van der Waals surface area (Å²) in [6, 6.07) is 8.93. The highest BCUT2D eigenvalue weighted by atomic mass is 16.6. The number of hydrogen-bond donors (Lipinski definition) is 2. The zero-order chi connectivity index (χ0) is 19.9. The van der Waals surface area contributed by atoms with Crippen molar-refractivity contribution in [2.45, 2.75) is 64.1 Å². The Balaban J connectivity index is 1.62. The molecule has 1 saturated heterocycles. The largest absolute Gasteiger partial charge is 0.465 e. The van der Waals surface area contributed by atoms with Crippen LogP contribution < -0.4 is 5.32 Å². The molecule has 2 fully saturated rings. The molecule has 2 aliphatic rings. The number of hydrogen-bond acceptors (Lipinski definition) is 4. The number of benzene rings is 1. The van der Waals surface area contributed by atoms with Crippen LogP contribution in [0, 0.1) is 5.92 Å². The maximum absolute atomic E-state index is 13.1. The molecule has 1 saturated carbocycles. The molecular formula is C21H29N3O4. The van der Waals surface area contributed by atoms with Gasteiger partial charge in [-0.1, -0.05) is 54.8 Å². The van der Waals surface area contributed by atoms with Gasteiger partial charge in [-0.15, -0.1) is 0 Å². The first-order valence-electron chi connectivity index (χ1n) is 10.1. The Bertz CT molecular complexity index is 701. The SMILES string of the molecule is CC1C(=NOCc2ccccc2)CCN1C(=O)[C@@H](NC(=O)O)C1CCCCC1. The molecule has 0 aromatic heterocycles. The van der Waals surface area contributed by atoms with E-state index in [1.807, 2.05) is 37.3 Å². The summed E-state index contributed by atoms with van der Waals surface area (Å²) >= 11 is 0. The molecule has 0 radical (unpaired) electrons. The maximum Gasteiger partial charge on any atom is 0.405 e. The van der Waals surface area contributed by atoms with E-state index in [-0.39, 0.29) is 17.9 Å². The van der Waals surface area contributed by atoms with E-state index >= 15 is 0 Å². The first kappa shape index (κ1) is 20.2. The van der Waals surface area contributed by atoms with Crippen LogP contribution in [0.1, 0.15) is 51.0 Å². The van der Waals surface area contributed by atoms with Crippen LogP contribution in [0.5, 0.6) is 0 Å². The second-order valence-electron chi connectivity index (χ2n) is 7.62. The summed E-state index contributed by atoms with van der Waals surface area (Å²) in [7, 11) is 0. The van der Waals surface area contributed by atoms with Crippen LogP contribution in [-0.4, -0.2) is 46.3 Å². The zero-order valence-electron chi connectivity index (χ0n) is 16.3. The number of carbonyl (C=O) groups excluding carboxylic acids is 1. The Morgan fingerprint density at radius 1 is 1.25 bits per heavy atom. The van der Waals surface area contributed by atoms with Crippen LogP contribution in [0.25, 0.3) is 0 Å². The van der Waals surface area contributed by atoms with Gasteiger partial charge in [0.05, 0.1) is 11.8 Å². The average molecular weight is 387 g/mol. The fourth-order valence-corrected chi connectivity index (χ4v) is 4.16. The van der Waals surface area contributed by atoms with E-state index in [9.17, 15) is 14.7 Å². The summed E-state index contributed by atoms with van der Waals surface area (Å²) in [6.07, 6.45) is 4.53. The van der Waals surface area contributed by atoms with Gasteiger partial charge in [0.1, 0.15) is 12.6 Å². The van der Waals surface area contributed by atoms with Gasteiger partial charge in [0, 0.05) is 13.0 Å². The Hall–Kier alpha value is -2.57. The molecule has 1 aromatic rings. The van der Waals surface area contributed by atoms with Gasteiger partial charge in [0.15, 0.2) is 0 Å². The molecule has 1 unspecified atom stereocenters. The van der Waals surface area contributed by atoms with Crippen LogP contribution in [0.15, 0.2) is 35.5 Å². The van der Waals surface area contributed by atoms with Crippen molar-refractivity contribution >= 4 is 17.7 Å². The number of carbonyl (C=O) groups is 2. The van der Waals surface area contributed by atoms with Crippen molar-refractivity contribution in [3.8, 4) is 0 Å². The highest BCUT2D eigenvalue weighted by Crippen LogP contribution is 2.29. The average Bonchev–Trinajstić information content (AvgIpc) is 3.07. The minimum atomic E-state index is -1.14. The predicted molar refractivity (Wildman–Crippen MR) is 106 cm³/mol. The minimum Gasteiger partial charge on any atom is -0.465 e.